The van der Waals surface area contributed by atoms with Gasteiger partial charge in [-0.15, -0.1) is 6.58 Å². The molecule has 6 heteroatoms. The van der Waals surface area contributed by atoms with Gasteiger partial charge in [0.2, 0.25) is 0 Å². The predicted molar refractivity (Wildman–Crippen MR) is 126 cm³/mol. The third kappa shape index (κ3) is 6.69. The Morgan fingerprint density at radius 1 is 1.24 bits per heavy atom. The summed E-state index contributed by atoms with van der Waals surface area (Å²) in [7, 11) is 0. The van der Waals surface area contributed by atoms with Gasteiger partial charge in [-0.3, -0.25) is 4.79 Å². The summed E-state index contributed by atoms with van der Waals surface area (Å²) in [6, 6.07) is 11.9. The molecule has 0 radical (unpaired) electrons. The maximum Gasteiger partial charge on any atom is 0.262 e. The Hall–Kier alpha value is -3.59. The molecule has 33 heavy (non-hydrogen) atoms. The summed E-state index contributed by atoms with van der Waals surface area (Å²) in [5, 5.41) is 12.5. The van der Waals surface area contributed by atoms with Crippen molar-refractivity contribution in [1.82, 2.24) is 5.32 Å². The number of nitriles is 1. The van der Waals surface area contributed by atoms with Crippen molar-refractivity contribution < 1.29 is 18.7 Å². The molecule has 0 heterocycles. The van der Waals surface area contributed by atoms with Crippen LogP contribution in [-0.4, -0.2) is 18.6 Å². The second-order valence-electron chi connectivity index (χ2n) is 7.97. The largest absolute Gasteiger partial charge is 0.490 e. The minimum Gasteiger partial charge on any atom is -0.490 e. The lowest BCUT2D eigenvalue weighted by Crippen LogP contribution is -2.33. The Morgan fingerprint density at radius 3 is 2.61 bits per heavy atom. The number of hydrogen-bond acceptors (Lipinski definition) is 4. The van der Waals surface area contributed by atoms with Crippen molar-refractivity contribution in [2.45, 2.75) is 51.7 Å². The van der Waals surface area contributed by atoms with Gasteiger partial charge in [-0.2, -0.15) is 5.26 Å². The van der Waals surface area contributed by atoms with Crippen LogP contribution < -0.4 is 14.8 Å². The summed E-state index contributed by atoms with van der Waals surface area (Å²) in [6.07, 6.45) is 7.92. The molecular weight excluding hydrogens is 419 g/mol. The molecule has 1 amide bonds. The lowest BCUT2D eigenvalue weighted by Gasteiger charge is -2.17. The van der Waals surface area contributed by atoms with Crippen LogP contribution in [0.1, 0.15) is 49.3 Å². The van der Waals surface area contributed by atoms with Crippen LogP contribution >= 0.6 is 0 Å². The van der Waals surface area contributed by atoms with E-state index in [1.807, 2.05) is 19.1 Å². The Labute approximate surface area is 194 Å². The van der Waals surface area contributed by atoms with Gasteiger partial charge < -0.3 is 14.8 Å². The highest BCUT2D eigenvalue weighted by Gasteiger charge is 2.20. The zero-order valence-corrected chi connectivity index (χ0v) is 18.9. The van der Waals surface area contributed by atoms with Crippen LogP contribution in [0, 0.1) is 17.1 Å². The first-order valence-corrected chi connectivity index (χ1v) is 11.2. The van der Waals surface area contributed by atoms with Crippen molar-refractivity contribution in [3.05, 3.63) is 77.1 Å². The maximum atomic E-state index is 13.2. The van der Waals surface area contributed by atoms with Gasteiger partial charge in [0.25, 0.3) is 5.91 Å². The van der Waals surface area contributed by atoms with Gasteiger partial charge in [-0.25, -0.2) is 4.39 Å². The van der Waals surface area contributed by atoms with Crippen molar-refractivity contribution in [2.24, 2.45) is 0 Å². The molecule has 5 nitrogen and oxygen atoms in total. The molecule has 1 aliphatic rings. The molecule has 0 atom stereocenters. The Kier molecular flexibility index (Phi) is 8.65. The van der Waals surface area contributed by atoms with Gasteiger partial charge in [0.1, 0.15) is 24.1 Å². The smallest absolute Gasteiger partial charge is 0.262 e. The molecule has 0 bridgehead atoms. The summed E-state index contributed by atoms with van der Waals surface area (Å²) < 4.78 is 25.1. The number of benzene rings is 2. The van der Waals surface area contributed by atoms with E-state index in [0.717, 1.165) is 36.8 Å². The zero-order valence-electron chi connectivity index (χ0n) is 18.9. The van der Waals surface area contributed by atoms with Crippen molar-refractivity contribution in [3.8, 4) is 17.6 Å². The molecule has 1 saturated carbocycles. The van der Waals surface area contributed by atoms with Gasteiger partial charge in [0, 0.05) is 11.6 Å². The summed E-state index contributed by atoms with van der Waals surface area (Å²) >= 11 is 0. The first kappa shape index (κ1) is 24.1. The van der Waals surface area contributed by atoms with Crippen molar-refractivity contribution in [3.63, 3.8) is 0 Å². The molecule has 2 aromatic rings. The third-order valence-electron chi connectivity index (χ3n) is 5.48. The minimum absolute atomic E-state index is 0.0499. The minimum atomic E-state index is -0.357. The van der Waals surface area contributed by atoms with E-state index in [9.17, 15) is 14.4 Å². The van der Waals surface area contributed by atoms with Crippen LogP contribution in [0.4, 0.5) is 4.39 Å². The maximum absolute atomic E-state index is 13.2. The fourth-order valence-corrected chi connectivity index (χ4v) is 3.89. The number of hydrogen-bond donors (Lipinski definition) is 1. The van der Waals surface area contributed by atoms with Crippen molar-refractivity contribution >= 4 is 12.0 Å². The molecule has 0 spiro atoms. The lowest BCUT2D eigenvalue weighted by molar-refractivity contribution is -0.117. The van der Waals surface area contributed by atoms with Crippen LogP contribution in [0.15, 0.2) is 54.6 Å². The number of ether oxygens (including phenoxy) is 2. The number of carbonyl (C=O) groups excluding carboxylic acids is 1. The predicted octanol–water partition coefficient (Wildman–Crippen LogP) is 5.50. The fourth-order valence-electron chi connectivity index (χ4n) is 3.89. The molecule has 3 rings (SSSR count). The number of nitrogens with zero attached hydrogens (tertiary/aromatic N) is 1. The van der Waals surface area contributed by atoms with Gasteiger partial charge in [0.15, 0.2) is 11.5 Å². The second kappa shape index (κ2) is 11.9. The van der Waals surface area contributed by atoms with Crippen molar-refractivity contribution in [1.29, 1.82) is 5.26 Å². The average molecular weight is 449 g/mol. The number of rotatable bonds is 10. The molecule has 1 N–H and O–H groups in total. The molecule has 0 unspecified atom stereocenters. The zero-order chi connectivity index (χ0) is 23.6. The number of amides is 1. The Bertz CT molecular complexity index is 1050. The van der Waals surface area contributed by atoms with Gasteiger partial charge in [0.05, 0.1) is 6.61 Å². The molecule has 0 saturated heterocycles. The quantitative estimate of drug-likeness (QED) is 0.296. The highest BCUT2D eigenvalue weighted by Crippen LogP contribution is 2.35. The number of nitrogens with one attached hydrogen (secondary N) is 1. The van der Waals surface area contributed by atoms with E-state index in [1.54, 1.807) is 30.4 Å². The monoisotopic (exact) mass is 448 g/mol. The van der Waals surface area contributed by atoms with Gasteiger partial charge in [-0.05, 0) is 67.7 Å². The number of allylic oxidation sites excluding steroid dienone is 1. The van der Waals surface area contributed by atoms with E-state index in [0.29, 0.717) is 30.1 Å². The molecule has 0 aromatic heterocycles. The highest BCUT2D eigenvalue weighted by atomic mass is 19.1. The molecule has 2 aromatic carbocycles. The molecule has 172 valence electrons. The lowest BCUT2D eigenvalue weighted by atomic mass is 10.0. The molecule has 1 fully saturated rings. The first-order valence-electron chi connectivity index (χ1n) is 11.2. The van der Waals surface area contributed by atoms with E-state index < -0.39 is 0 Å². The molecule has 1 aliphatic carbocycles. The summed E-state index contributed by atoms with van der Waals surface area (Å²) in [5.74, 6) is 0.414. The number of carbonyl (C=O) groups is 1. The van der Waals surface area contributed by atoms with Crippen LogP contribution in [0.3, 0.4) is 0 Å². The second-order valence-corrected chi connectivity index (χ2v) is 7.97. The Balaban J connectivity index is 1.89. The standard InChI is InChI=1S/C27H29FN2O3/c1-3-7-21-14-20(15-22(17-29)27(31)30-24-8-5-6-9-24)16-25(32-4-2)26(21)33-18-19-10-12-23(28)13-11-19/h3,10-16,24H,1,4-9,18H2,2H3,(H,30,31)/b22-15-. The Morgan fingerprint density at radius 2 is 1.97 bits per heavy atom. The highest BCUT2D eigenvalue weighted by molar-refractivity contribution is 6.01. The summed E-state index contributed by atoms with van der Waals surface area (Å²) in [4.78, 5) is 12.6. The van der Waals surface area contributed by atoms with Crippen molar-refractivity contribution in [2.75, 3.05) is 6.61 Å². The van der Waals surface area contributed by atoms with E-state index >= 15 is 0 Å². The van der Waals surface area contributed by atoms with Crippen LogP contribution in [0.5, 0.6) is 11.5 Å². The van der Waals surface area contributed by atoms with E-state index in [4.69, 9.17) is 9.47 Å². The molecule has 0 aliphatic heterocycles. The first-order chi connectivity index (χ1) is 16.0. The topological polar surface area (TPSA) is 71.4 Å². The number of halogens is 1. The van der Waals surface area contributed by atoms with Gasteiger partial charge >= 0.3 is 0 Å². The molecular formula is C27H29FN2O3. The SMILES string of the molecule is C=CCc1cc(/C=C(/C#N)C(=O)NC2CCCC2)cc(OCC)c1OCc1ccc(F)cc1. The average Bonchev–Trinajstić information content (AvgIpc) is 3.31. The van der Waals surface area contributed by atoms with E-state index in [2.05, 4.69) is 11.9 Å². The normalized spacial score (nSPS) is 13.9. The van der Waals surface area contributed by atoms with Crippen LogP contribution in [-0.2, 0) is 17.8 Å². The van der Waals surface area contributed by atoms with E-state index in [1.165, 1.54) is 12.1 Å². The summed E-state index contributed by atoms with van der Waals surface area (Å²) in [6.45, 7) is 6.35. The van der Waals surface area contributed by atoms with Crippen LogP contribution in [0.2, 0.25) is 0 Å². The van der Waals surface area contributed by atoms with Crippen LogP contribution in [0.25, 0.3) is 6.08 Å². The third-order valence-corrected chi connectivity index (χ3v) is 5.48. The fraction of sp³-hybridized carbons (Fsp3) is 0.333. The van der Waals surface area contributed by atoms with E-state index in [-0.39, 0.29) is 29.9 Å². The van der Waals surface area contributed by atoms with Gasteiger partial charge in [-0.1, -0.05) is 31.1 Å². The summed E-state index contributed by atoms with van der Waals surface area (Å²) in [5.41, 5.74) is 2.36.